The van der Waals surface area contributed by atoms with Gasteiger partial charge in [0.25, 0.3) is 5.69 Å². The first-order valence-corrected chi connectivity index (χ1v) is 9.85. The molecule has 2 aromatic carbocycles. The zero-order valence-electron chi connectivity index (χ0n) is 15.2. The second-order valence-electron chi connectivity index (χ2n) is 5.90. The molecule has 0 bridgehead atoms. The highest BCUT2D eigenvalue weighted by atomic mass is 32.2. The van der Waals surface area contributed by atoms with E-state index in [0.29, 0.717) is 0 Å². The normalized spacial score (nSPS) is 12.1. The molecule has 0 spiro atoms. The molecule has 0 aliphatic carbocycles. The molecule has 2 rings (SSSR count). The summed E-state index contributed by atoms with van der Waals surface area (Å²) < 4.78 is 64.4. The molecule has 0 saturated heterocycles. The summed E-state index contributed by atoms with van der Waals surface area (Å²) in [4.78, 5) is 21.4. The Kier molecular flexibility index (Phi) is 7.29. The van der Waals surface area contributed by atoms with E-state index in [0.717, 1.165) is 30.3 Å². The standard InChI is InChI=1S/C18H16F3N3O5S/c19-18(20,21)14-4-1-3-13(11-14)7-8-17(25)22-9-10-23-30(28,29)16-6-2-5-15(12-16)24(26)27/h1-8,11-12,23H,9-10H2,(H,22,25)/b8-7+. The number of amides is 1. The second kappa shape index (κ2) is 9.50. The van der Waals surface area contributed by atoms with E-state index in [1.165, 1.54) is 30.3 Å². The maximum atomic E-state index is 12.7. The van der Waals surface area contributed by atoms with Crippen LogP contribution in [0, 0.1) is 10.1 Å². The fourth-order valence-corrected chi connectivity index (χ4v) is 3.34. The van der Waals surface area contributed by atoms with Gasteiger partial charge in [-0.05, 0) is 29.8 Å². The Hall–Kier alpha value is -3.25. The number of hydrogen-bond acceptors (Lipinski definition) is 5. The molecule has 2 aromatic rings. The van der Waals surface area contributed by atoms with Crippen molar-refractivity contribution >= 4 is 27.7 Å². The number of hydrogen-bond donors (Lipinski definition) is 2. The van der Waals surface area contributed by atoms with E-state index in [-0.39, 0.29) is 29.2 Å². The first-order valence-electron chi connectivity index (χ1n) is 8.36. The van der Waals surface area contributed by atoms with Gasteiger partial charge in [0.05, 0.1) is 15.4 Å². The van der Waals surface area contributed by atoms with Gasteiger partial charge in [0.1, 0.15) is 0 Å². The lowest BCUT2D eigenvalue weighted by molar-refractivity contribution is -0.385. The third-order valence-electron chi connectivity index (χ3n) is 3.70. The predicted molar refractivity (Wildman–Crippen MR) is 102 cm³/mol. The van der Waals surface area contributed by atoms with Crippen molar-refractivity contribution in [3.05, 3.63) is 75.8 Å². The van der Waals surface area contributed by atoms with E-state index in [2.05, 4.69) is 10.0 Å². The van der Waals surface area contributed by atoms with E-state index >= 15 is 0 Å². The fraction of sp³-hybridized carbons (Fsp3) is 0.167. The van der Waals surface area contributed by atoms with Gasteiger partial charge in [0, 0.05) is 31.3 Å². The fourth-order valence-electron chi connectivity index (χ4n) is 2.27. The Labute approximate surface area is 169 Å². The van der Waals surface area contributed by atoms with Crippen molar-refractivity contribution in [3.8, 4) is 0 Å². The zero-order valence-corrected chi connectivity index (χ0v) is 16.0. The molecule has 160 valence electrons. The Morgan fingerprint density at radius 3 is 2.47 bits per heavy atom. The average molecular weight is 443 g/mol. The monoisotopic (exact) mass is 443 g/mol. The predicted octanol–water partition coefficient (Wildman–Crippen LogP) is 2.72. The Bertz CT molecular complexity index is 1070. The summed E-state index contributed by atoms with van der Waals surface area (Å²) in [5, 5.41) is 13.1. The van der Waals surface area contributed by atoms with Crippen LogP contribution < -0.4 is 10.0 Å². The van der Waals surface area contributed by atoms with Crippen LogP contribution in [0.1, 0.15) is 11.1 Å². The largest absolute Gasteiger partial charge is 0.416 e. The molecule has 8 nitrogen and oxygen atoms in total. The lowest BCUT2D eigenvalue weighted by Gasteiger charge is -2.07. The van der Waals surface area contributed by atoms with Gasteiger partial charge in [0.15, 0.2) is 0 Å². The summed E-state index contributed by atoms with van der Waals surface area (Å²) in [6.45, 7) is -0.311. The quantitative estimate of drug-likeness (QED) is 0.282. The zero-order chi connectivity index (χ0) is 22.4. The lowest BCUT2D eigenvalue weighted by atomic mass is 10.1. The molecule has 0 heterocycles. The van der Waals surface area contributed by atoms with Crippen molar-refractivity contribution < 1.29 is 31.3 Å². The van der Waals surface area contributed by atoms with Crippen molar-refractivity contribution in [1.29, 1.82) is 0 Å². The summed E-state index contributed by atoms with van der Waals surface area (Å²) in [7, 11) is -4.02. The SMILES string of the molecule is O=C(/C=C/c1cccc(C(F)(F)F)c1)NCCNS(=O)(=O)c1cccc([N+](=O)[O-])c1. The second-order valence-corrected chi connectivity index (χ2v) is 7.67. The number of benzene rings is 2. The van der Waals surface area contributed by atoms with E-state index < -0.39 is 32.6 Å². The Balaban J connectivity index is 1.87. The highest BCUT2D eigenvalue weighted by Gasteiger charge is 2.30. The highest BCUT2D eigenvalue weighted by Crippen LogP contribution is 2.29. The minimum Gasteiger partial charge on any atom is -0.351 e. The summed E-state index contributed by atoms with van der Waals surface area (Å²) in [6.07, 6.45) is -2.29. The number of carbonyl (C=O) groups excluding carboxylic acids is 1. The number of alkyl halides is 3. The molecule has 0 aliphatic rings. The first-order chi connectivity index (χ1) is 14.0. The maximum Gasteiger partial charge on any atom is 0.416 e. The van der Waals surface area contributed by atoms with Crippen LogP contribution in [0.25, 0.3) is 6.08 Å². The molecule has 0 atom stereocenters. The Morgan fingerprint density at radius 2 is 1.80 bits per heavy atom. The maximum absolute atomic E-state index is 12.7. The van der Waals surface area contributed by atoms with E-state index in [1.54, 1.807) is 0 Å². The topological polar surface area (TPSA) is 118 Å². The van der Waals surface area contributed by atoms with Crippen LogP contribution in [0.5, 0.6) is 0 Å². The average Bonchev–Trinajstić information content (AvgIpc) is 2.69. The van der Waals surface area contributed by atoms with Crippen molar-refractivity contribution in [2.45, 2.75) is 11.1 Å². The highest BCUT2D eigenvalue weighted by molar-refractivity contribution is 7.89. The number of nitrogens with one attached hydrogen (secondary N) is 2. The van der Waals surface area contributed by atoms with Gasteiger partial charge in [-0.15, -0.1) is 0 Å². The van der Waals surface area contributed by atoms with Crippen molar-refractivity contribution in [1.82, 2.24) is 10.0 Å². The molecule has 0 radical (unpaired) electrons. The van der Waals surface area contributed by atoms with Crippen LogP contribution in [0.15, 0.2) is 59.5 Å². The molecule has 30 heavy (non-hydrogen) atoms. The molecule has 1 amide bonds. The van der Waals surface area contributed by atoms with Crippen molar-refractivity contribution in [2.75, 3.05) is 13.1 Å². The van der Waals surface area contributed by atoms with Crippen LogP contribution in [-0.4, -0.2) is 32.3 Å². The molecule has 0 unspecified atom stereocenters. The van der Waals surface area contributed by atoms with Gasteiger partial charge in [-0.3, -0.25) is 14.9 Å². The van der Waals surface area contributed by atoms with Crippen molar-refractivity contribution in [2.24, 2.45) is 0 Å². The van der Waals surface area contributed by atoms with Crippen LogP contribution >= 0.6 is 0 Å². The Morgan fingerprint density at radius 1 is 1.10 bits per heavy atom. The molecular weight excluding hydrogens is 427 g/mol. The number of non-ortho nitro benzene ring substituents is 1. The third kappa shape index (κ3) is 6.67. The number of nitro benzene ring substituents is 1. The van der Waals surface area contributed by atoms with E-state index in [1.807, 2.05) is 0 Å². The smallest absolute Gasteiger partial charge is 0.351 e. The minimum absolute atomic E-state index is 0.111. The number of rotatable bonds is 8. The van der Waals surface area contributed by atoms with E-state index in [9.17, 15) is 36.5 Å². The van der Waals surface area contributed by atoms with Gasteiger partial charge in [0.2, 0.25) is 15.9 Å². The molecule has 0 saturated carbocycles. The third-order valence-corrected chi connectivity index (χ3v) is 5.15. The minimum atomic E-state index is -4.50. The number of halogens is 3. The number of nitrogens with zero attached hydrogens (tertiary/aromatic N) is 1. The van der Waals surface area contributed by atoms with Crippen LogP contribution in [-0.2, 0) is 21.0 Å². The molecule has 12 heteroatoms. The lowest BCUT2D eigenvalue weighted by Crippen LogP contribution is -2.34. The molecule has 2 N–H and O–H groups in total. The summed E-state index contributed by atoms with van der Waals surface area (Å²) in [5.74, 6) is -0.637. The molecule has 0 aliphatic heterocycles. The van der Waals surface area contributed by atoms with Crippen LogP contribution in [0.4, 0.5) is 18.9 Å². The molecular formula is C18H16F3N3O5S. The first kappa shape index (κ1) is 23.0. The molecule has 0 fully saturated rings. The van der Waals surface area contributed by atoms with Crippen molar-refractivity contribution in [3.63, 3.8) is 0 Å². The van der Waals surface area contributed by atoms with Gasteiger partial charge in [-0.1, -0.05) is 18.2 Å². The number of nitro groups is 1. The summed E-state index contributed by atoms with van der Waals surface area (Å²) >= 11 is 0. The molecule has 0 aromatic heterocycles. The van der Waals surface area contributed by atoms with Crippen LogP contribution in [0.3, 0.4) is 0 Å². The summed E-state index contributed by atoms with van der Waals surface area (Å²) in [5.41, 5.74) is -1.06. The van der Waals surface area contributed by atoms with Gasteiger partial charge >= 0.3 is 6.18 Å². The van der Waals surface area contributed by atoms with Gasteiger partial charge in [-0.2, -0.15) is 13.2 Å². The van der Waals surface area contributed by atoms with E-state index in [4.69, 9.17) is 0 Å². The number of sulfonamides is 1. The van der Waals surface area contributed by atoms with Gasteiger partial charge < -0.3 is 5.32 Å². The van der Waals surface area contributed by atoms with Crippen LogP contribution in [0.2, 0.25) is 0 Å². The summed E-state index contributed by atoms with van der Waals surface area (Å²) in [6, 6.07) is 8.87. The number of carbonyl (C=O) groups is 1. The van der Waals surface area contributed by atoms with Gasteiger partial charge in [-0.25, -0.2) is 13.1 Å².